The predicted octanol–water partition coefficient (Wildman–Crippen LogP) is 1.85. The summed E-state index contributed by atoms with van der Waals surface area (Å²) >= 11 is 0. The zero-order chi connectivity index (χ0) is 27.3. The molecular formula is C23H22F3N5O6S. The van der Waals surface area contributed by atoms with E-state index in [4.69, 9.17) is 4.74 Å². The number of rotatable bonds is 6. The van der Waals surface area contributed by atoms with Crippen molar-refractivity contribution in [2.75, 3.05) is 31.2 Å². The number of ether oxygens (including phenoxy) is 1. The van der Waals surface area contributed by atoms with Gasteiger partial charge in [-0.15, -0.1) is 0 Å². The number of hydrogen-bond acceptors (Lipinski definition) is 8. The molecule has 38 heavy (non-hydrogen) atoms. The number of sulfone groups is 1. The molecule has 2 aromatic rings. The molecule has 3 aliphatic rings. The summed E-state index contributed by atoms with van der Waals surface area (Å²) < 4.78 is 67.2. The minimum Gasteiger partial charge on any atom is -0.379 e. The van der Waals surface area contributed by atoms with Gasteiger partial charge in [0.1, 0.15) is 5.54 Å². The van der Waals surface area contributed by atoms with Crippen molar-refractivity contribution >= 4 is 33.4 Å². The number of carbonyl (C=O) groups is 3. The summed E-state index contributed by atoms with van der Waals surface area (Å²) in [7, 11) is -5.58. The number of nitrogens with one attached hydrogen (secondary N) is 1. The number of hydrogen-bond donors (Lipinski definition) is 1. The molecule has 2 aliphatic heterocycles. The van der Waals surface area contributed by atoms with Crippen LogP contribution in [0.4, 0.5) is 23.7 Å². The Kier molecular flexibility index (Phi) is 6.39. The highest BCUT2D eigenvalue weighted by atomic mass is 32.2. The molecule has 0 atom stereocenters. The number of imide groups is 1. The van der Waals surface area contributed by atoms with E-state index in [0.29, 0.717) is 56.8 Å². The Balaban J connectivity index is 1.39. The topological polar surface area (TPSA) is 129 Å². The monoisotopic (exact) mass is 553 g/mol. The van der Waals surface area contributed by atoms with Crippen molar-refractivity contribution in [1.29, 1.82) is 0 Å². The Morgan fingerprint density at radius 3 is 2.34 bits per heavy atom. The number of pyridine rings is 1. The van der Waals surface area contributed by atoms with E-state index in [0.717, 1.165) is 17.0 Å². The molecule has 0 bridgehead atoms. The van der Waals surface area contributed by atoms with Gasteiger partial charge in [-0.2, -0.15) is 13.2 Å². The van der Waals surface area contributed by atoms with Crippen LogP contribution < -0.4 is 10.3 Å². The third-order valence-corrected chi connectivity index (χ3v) is 8.23. The van der Waals surface area contributed by atoms with Gasteiger partial charge >= 0.3 is 11.5 Å². The van der Waals surface area contributed by atoms with E-state index in [2.05, 4.69) is 10.4 Å². The highest BCUT2D eigenvalue weighted by Crippen LogP contribution is 2.50. The third-order valence-electron chi connectivity index (χ3n) is 6.73. The number of halogens is 3. The van der Waals surface area contributed by atoms with Gasteiger partial charge < -0.3 is 9.64 Å². The summed E-state index contributed by atoms with van der Waals surface area (Å²) in [6.07, 6.45) is 3.56. The lowest BCUT2D eigenvalue weighted by Crippen LogP contribution is -2.48. The summed E-state index contributed by atoms with van der Waals surface area (Å²) in [6, 6.07) is 4.23. The maximum absolute atomic E-state index is 13.4. The molecule has 15 heteroatoms. The number of benzene rings is 1. The van der Waals surface area contributed by atoms with Gasteiger partial charge in [0.25, 0.3) is 21.7 Å². The first-order valence-electron chi connectivity index (χ1n) is 11.6. The van der Waals surface area contributed by atoms with Crippen molar-refractivity contribution in [3.8, 4) is 0 Å². The van der Waals surface area contributed by atoms with Crippen molar-refractivity contribution in [2.45, 2.75) is 35.3 Å². The lowest BCUT2D eigenvalue weighted by Gasteiger charge is -2.27. The standard InChI is InChI=1S/C23H22F3N5O6S/c24-23(25,26)38(35,36)17-3-1-16(2-4-17)31-20(33)22(6-7-22)30(21(31)34)14-15-5-8-27-13-18(15)19(32)28-29-9-11-37-12-10-29/h1-5,8,13H,6-7,9-12,14H2,(H,28,32). The molecule has 5 rings (SSSR count). The molecule has 1 saturated carbocycles. The maximum Gasteiger partial charge on any atom is 0.501 e. The van der Waals surface area contributed by atoms with Crippen LogP contribution in [0.15, 0.2) is 47.6 Å². The van der Waals surface area contributed by atoms with E-state index in [-0.39, 0.29) is 17.8 Å². The minimum absolute atomic E-state index is 0.0603. The van der Waals surface area contributed by atoms with Gasteiger partial charge in [-0.1, -0.05) is 0 Å². The second-order valence-electron chi connectivity index (χ2n) is 9.06. The Bertz CT molecular complexity index is 1390. The fourth-order valence-electron chi connectivity index (χ4n) is 4.49. The molecule has 4 amide bonds. The quantitative estimate of drug-likeness (QED) is 0.537. The van der Waals surface area contributed by atoms with Crippen LogP contribution in [0.2, 0.25) is 0 Å². The van der Waals surface area contributed by atoms with Gasteiger partial charge in [0.15, 0.2) is 0 Å². The van der Waals surface area contributed by atoms with Gasteiger partial charge in [0.05, 0.1) is 29.4 Å². The Labute approximate surface area is 215 Å². The van der Waals surface area contributed by atoms with Crippen LogP contribution in [-0.2, 0) is 25.9 Å². The summed E-state index contributed by atoms with van der Waals surface area (Å²) in [5.74, 6) is -1.00. The van der Waals surface area contributed by atoms with Crippen LogP contribution in [0.1, 0.15) is 28.8 Å². The summed E-state index contributed by atoms with van der Waals surface area (Å²) in [5, 5.41) is 1.71. The van der Waals surface area contributed by atoms with Crippen LogP contribution >= 0.6 is 0 Å². The van der Waals surface area contributed by atoms with E-state index >= 15 is 0 Å². The second kappa shape index (κ2) is 9.32. The number of amides is 4. The Morgan fingerprint density at radius 2 is 1.74 bits per heavy atom. The number of aromatic nitrogens is 1. The number of alkyl halides is 3. The van der Waals surface area contributed by atoms with Gasteiger partial charge in [-0.3, -0.25) is 20.0 Å². The molecule has 2 saturated heterocycles. The molecule has 11 nitrogen and oxygen atoms in total. The average Bonchev–Trinajstić information content (AvgIpc) is 3.66. The van der Waals surface area contributed by atoms with Gasteiger partial charge in [0, 0.05) is 32.0 Å². The molecule has 1 aliphatic carbocycles. The number of morpholine rings is 1. The molecule has 0 unspecified atom stereocenters. The molecular weight excluding hydrogens is 531 g/mol. The fourth-order valence-corrected chi connectivity index (χ4v) is 5.25. The van der Waals surface area contributed by atoms with E-state index in [9.17, 15) is 36.0 Å². The minimum atomic E-state index is -5.58. The number of carbonyl (C=O) groups excluding carboxylic acids is 3. The molecule has 1 spiro atoms. The van der Waals surface area contributed by atoms with Gasteiger partial charge in [-0.25, -0.2) is 23.1 Å². The van der Waals surface area contributed by atoms with Gasteiger partial charge in [0.2, 0.25) is 0 Å². The van der Waals surface area contributed by atoms with E-state index in [1.807, 2.05) is 0 Å². The van der Waals surface area contributed by atoms with E-state index < -0.39 is 43.6 Å². The highest BCUT2D eigenvalue weighted by molar-refractivity contribution is 7.92. The molecule has 3 heterocycles. The predicted molar refractivity (Wildman–Crippen MR) is 124 cm³/mol. The Morgan fingerprint density at radius 1 is 1.08 bits per heavy atom. The maximum atomic E-state index is 13.4. The van der Waals surface area contributed by atoms with Crippen LogP contribution in [-0.4, -0.2) is 78.5 Å². The largest absolute Gasteiger partial charge is 0.501 e. The fraction of sp³-hybridized carbons (Fsp3) is 0.391. The third kappa shape index (κ3) is 4.39. The number of anilines is 1. The summed E-state index contributed by atoms with van der Waals surface area (Å²) in [4.78, 5) is 44.8. The molecule has 0 radical (unpaired) electrons. The molecule has 202 valence electrons. The molecule has 1 aromatic carbocycles. The summed E-state index contributed by atoms with van der Waals surface area (Å²) in [6.45, 7) is 1.84. The SMILES string of the molecule is O=C(NN1CCOCC1)c1cnccc1CN1C(=O)N(c2ccc(S(=O)(=O)C(F)(F)F)cc2)C(=O)C12CC2. The van der Waals surface area contributed by atoms with Crippen LogP contribution in [0, 0.1) is 0 Å². The summed E-state index contributed by atoms with van der Waals surface area (Å²) in [5.41, 5.74) is -3.24. The normalized spacial score (nSPS) is 19.8. The lowest BCUT2D eigenvalue weighted by atomic mass is 10.1. The van der Waals surface area contributed by atoms with Crippen LogP contribution in [0.25, 0.3) is 0 Å². The average molecular weight is 554 g/mol. The van der Waals surface area contributed by atoms with Gasteiger partial charge in [-0.05, 0) is 48.7 Å². The first kappa shape index (κ1) is 26.1. The second-order valence-corrected chi connectivity index (χ2v) is 11.0. The van der Waals surface area contributed by atoms with Crippen molar-refractivity contribution < 1.29 is 40.7 Å². The molecule has 1 aromatic heterocycles. The van der Waals surface area contributed by atoms with E-state index in [1.54, 1.807) is 11.1 Å². The van der Waals surface area contributed by atoms with Crippen molar-refractivity contribution in [3.63, 3.8) is 0 Å². The Hall–Kier alpha value is -3.56. The zero-order valence-electron chi connectivity index (χ0n) is 19.8. The molecule has 3 fully saturated rings. The molecule has 1 N–H and O–H groups in total. The van der Waals surface area contributed by atoms with Crippen LogP contribution in [0.5, 0.6) is 0 Å². The van der Waals surface area contributed by atoms with Crippen LogP contribution in [0.3, 0.4) is 0 Å². The lowest BCUT2D eigenvalue weighted by molar-refractivity contribution is -0.120. The highest BCUT2D eigenvalue weighted by Gasteiger charge is 2.65. The van der Waals surface area contributed by atoms with Crippen molar-refractivity contribution in [1.82, 2.24) is 20.3 Å². The van der Waals surface area contributed by atoms with E-state index in [1.165, 1.54) is 17.3 Å². The first-order chi connectivity index (χ1) is 18.0. The van der Waals surface area contributed by atoms with Crippen molar-refractivity contribution in [2.24, 2.45) is 0 Å². The number of nitrogens with zero attached hydrogens (tertiary/aromatic N) is 4. The van der Waals surface area contributed by atoms with Crippen molar-refractivity contribution in [3.05, 3.63) is 53.9 Å². The number of urea groups is 1. The number of hydrazine groups is 1. The zero-order valence-corrected chi connectivity index (χ0v) is 20.6. The first-order valence-corrected chi connectivity index (χ1v) is 13.1. The smallest absolute Gasteiger partial charge is 0.379 e.